The summed E-state index contributed by atoms with van der Waals surface area (Å²) < 4.78 is 68.1. The SMILES string of the molecule is O=C(O)CN(Cc1ccccc1CN(CC(=O)O)S(=O)(=O)c1ccc(OCc2ccccc2)cc1)S(=O)(=O)c1ccc(OCc2ccccc2)cc1. The molecule has 12 nitrogen and oxygen atoms in total. The lowest BCUT2D eigenvalue weighted by Crippen LogP contribution is -2.37. The van der Waals surface area contributed by atoms with Crippen LogP contribution in [-0.4, -0.2) is 60.7 Å². The van der Waals surface area contributed by atoms with Crippen molar-refractivity contribution in [3.63, 3.8) is 0 Å². The standard InChI is InChI=1S/C38H36N2O10S2/c41-37(42)25-39(51(45,46)35-19-15-33(16-20-35)49-27-29-9-3-1-4-10-29)23-31-13-7-8-14-32(31)24-40(26-38(43)44)52(47,48)36-21-17-34(18-22-36)50-28-30-11-5-2-6-12-30/h1-22H,23-28H2,(H,41,42)(H,43,44). The summed E-state index contributed by atoms with van der Waals surface area (Å²) in [6.45, 7) is -2.13. The molecule has 0 saturated carbocycles. The van der Waals surface area contributed by atoms with Gasteiger partial charge >= 0.3 is 11.9 Å². The molecule has 270 valence electrons. The molecule has 0 aliphatic heterocycles. The zero-order chi connectivity index (χ0) is 37.1. The molecule has 0 aliphatic rings. The van der Waals surface area contributed by atoms with Gasteiger partial charge in [0.25, 0.3) is 0 Å². The number of carboxylic acids is 2. The van der Waals surface area contributed by atoms with Crippen molar-refractivity contribution in [3.05, 3.63) is 156 Å². The van der Waals surface area contributed by atoms with Crippen LogP contribution in [0.25, 0.3) is 0 Å². The van der Waals surface area contributed by atoms with E-state index >= 15 is 0 Å². The molecule has 0 bridgehead atoms. The minimum absolute atomic E-state index is 0.176. The molecular formula is C38H36N2O10S2. The normalized spacial score (nSPS) is 11.7. The summed E-state index contributed by atoms with van der Waals surface area (Å²) in [5.41, 5.74) is 2.40. The van der Waals surface area contributed by atoms with Gasteiger partial charge < -0.3 is 19.7 Å². The summed E-state index contributed by atoms with van der Waals surface area (Å²) >= 11 is 0. The Bertz CT molecular complexity index is 2020. The van der Waals surface area contributed by atoms with E-state index in [1.54, 1.807) is 12.1 Å². The first kappa shape index (κ1) is 37.7. The maximum absolute atomic E-state index is 13.8. The number of sulfonamides is 2. The Morgan fingerprint density at radius 2 is 0.808 bits per heavy atom. The first-order valence-electron chi connectivity index (χ1n) is 16.0. The molecule has 0 aromatic heterocycles. The van der Waals surface area contributed by atoms with Crippen molar-refractivity contribution in [2.24, 2.45) is 0 Å². The minimum atomic E-state index is -4.38. The average molecular weight is 745 g/mol. The lowest BCUT2D eigenvalue weighted by Gasteiger charge is -2.25. The molecule has 5 aromatic carbocycles. The van der Waals surface area contributed by atoms with E-state index < -0.39 is 58.2 Å². The molecule has 0 saturated heterocycles. The van der Waals surface area contributed by atoms with Gasteiger partial charge in [0.15, 0.2) is 0 Å². The van der Waals surface area contributed by atoms with E-state index in [9.17, 15) is 36.6 Å². The van der Waals surface area contributed by atoms with Gasteiger partial charge in [-0.2, -0.15) is 8.61 Å². The molecule has 14 heteroatoms. The number of aliphatic carboxylic acids is 2. The van der Waals surface area contributed by atoms with E-state index in [0.717, 1.165) is 19.7 Å². The summed E-state index contributed by atoms with van der Waals surface area (Å²) in [6.07, 6.45) is 0. The zero-order valence-electron chi connectivity index (χ0n) is 27.8. The van der Waals surface area contributed by atoms with Gasteiger partial charge in [-0.25, -0.2) is 16.8 Å². The highest BCUT2D eigenvalue weighted by atomic mass is 32.2. The Balaban J connectivity index is 1.34. The number of benzene rings is 5. The molecule has 5 rings (SSSR count). The predicted octanol–water partition coefficient (Wildman–Crippen LogP) is 5.40. The maximum Gasteiger partial charge on any atom is 0.318 e. The van der Waals surface area contributed by atoms with Crippen molar-refractivity contribution in [3.8, 4) is 11.5 Å². The summed E-state index contributed by atoms with van der Waals surface area (Å²) in [5, 5.41) is 19.3. The Morgan fingerprint density at radius 1 is 0.481 bits per heavy atom. The van der Waals surface area contributed by atoms with Crippen molar-refractivity contribution >= 4 is 32.0 Å². The number of hydrogen-bond donors (Lipinski definition) is 2. The average Bonchev–Trinajstić information content (AvgIpc) is 3.14. The fourth-order valence-electron chi connectivity index (χ4n) is 5.20. The third-order valence-electron chi connectivity index (χ3n) is 7.85. The Kier molecular flexibility index (Phi) is 12.4. The molecular weight excluding hydrogens is 709 g/mol. The van der Waals surface area contributed by atoms with Gasteiger partial charge in [0.1, 0.15) is 37.8 Å². The van der Waals surface area contributed by atoms with Gasteiger partial charge in [-0.3, -0.25) is 9.59 Å². The predicted molar refractivity (Wildman–Crippen MR) is 191 cm³/mol. The van der Waals surface area contributed by atoms with Crippen LogP contribution in [0.5, 0.6) is 11.5 Å². The van der Waals surface area contributed by atoms with E-state index in [2.05, 4.69) is 0 Å². The number of carboxylic acid groups (broad SMARTS) is 2. The number of nitrogens with zero attached hydrogens (tertiary/aromatic N) is 2. The highest BCUT2D eigenvalue weighted by Crippen LogP contribution is 2.26. The molecule has 0 spiro atoms. The van der Waals surface area contributed by atoms with Gasteiger partial charge in [-0.05, 0) is 70.8 Å². The van der Waals surface area contributed by atoms with Crippen LogP contribution in [-0.2, 0) is 55.9 Å². The van der Waals surface area contributed by atoms with Gasteiger partial charge in [-0.15, -0.1) is 0 Å². The summed E-state index contributed by atoms with van der Waals surface area (Å²) in [4.78, 5) is 23.4. The topological polar surface area (TPSA) is 168 Å². The molecule has 5 aromatic rings. The molecule has 0 fully saturated rings. The lowest BCUT2D eigenvalue weighted by atomic mass is 10.1. The largest absolute Gasteiger partial charge is 0.489 e. The molecule has 2 N–H and O–H groups in total. The van der Waals surface area contributed by atoms with Crippen molar-refractivity contribution < 1.29 is 46.1 Å². The van der Waals surface area contributed by atoms with Crippen LogP contribution in [0.2, 0.25) is 0 Å². The number of ether oxygens (including phenoxy) is 2. The van der Waals surface area contributed by atoms with Gasteiger partial charge in [0, 0.05) is 13.1 Å². The number of rotatable bonds is 18. The smallest absolute Gasteiger partial charge is 0.318 e. The molecule has 52 heavy (non-hydrogen) atoms. The van der Waals surface area contributed by atoms with Crippen LogP contribution in [0.1, 0.15) is 22.3 Å². The molecule has 0 atom stereocenters. The van der Waals surface area contributed by atoms with Crippen LogP contribution in [0.15, 0.2) is 143 Å². The van der Waals surface area contributed by atoms with E-state index in [4.69, 9.17) is 9.47 Å². The molecule has 0 radical (unpaired) electrons. The molecule has 0 aliphatic carbocycles. The van der Waals surface area contributed by atoms with Crippen LogP contribution >= 0.6 is 0 Å². The van der Waals surface area contributed by atoms with E-state index in [1.807, 2.05) is 60.7 Å². The summed E-state index contributed by atoms with van der Waals surface area (Å²) in [6, 6.07) is 36.2. The van der Waals surface area contributed by atoms with E-state index in [-0.39, 0.29) is 34.1 Å². The maximum atomic E-state index is 13.8. The van der Waals surface area contributed by atoms with Crippen LogP contribution in [0, 0.1) is 0 Å². The second-order valence-corrected chi connectivity index (χ2v) is 15.5. The third kappa shape index (κ3) is 10.0. The number of carbonyl (C=O) groups is 2. The van der Waals surface area contributed by atoms with E-state index in [1.165, 1.54) is 60.7 Å². The first-order chi connectivity index (χ1) is 24.9. The van der Waals surface area contributed by atoms with Crippen molar-refractivity contribution in [2.75, 3.05) is 13.1 Å². The Hall–Kier alpha value is -5.54. The first-order valence-corrected chi connectivity index (χ1v) is 18.8. The van der Waals surface area contributed by atoms with Crippen LogP contribution < -0.4 is 9.47 Å². The minimum Gasteiger partial charge on any atom is -0.489 e. The highest BCUT2D eigenvalue weighted by Gasteiger charge is 2.30. The lowest BCUT2D eigenvalue weighted by molar-refractivity contribution is -0.138. The monoisotopic (exact) mass is 744 g/mol. The highest BCUT2D eigenvalue weighted by molar-refractivity contribution is 7.89. The summed E-state index contributed by atoms with van der Waals surface area (Å²) in [7, 11) is -8.76. The van der Waals surface area contributed by atoms with Gasteiger partial charge in [0.2, 0.25) is 20.0 Å². The van der Waals surface area contributed by atoms with Gasteiger partial charge in [0.05, 0.1) is 9.79 Å². The Morgan fingerprint density at radius 3 is 1.13 bits per heavy atom. The van der Waals surface area contributed by atoms with Crippen LogP contribution in [0.3, 0.4) is 0 Å². The summed E-state index contributed by atoms with van der Waals surface area (Å²) in [5.74, 6) is -2.00. The third-order valence-corrected chi connectivity index (χ3v) is 11.5. The molecule has 0 heterocycles. The van der Waals surface area contributed by atoms with Crippen LogP contribution in [0.4, 0.5) is 0 Å². The van der Waals surface area contributed by atoms with Crippen molar-refractivity contribution in [1.29, 1.82) is 0 Å². The zero-order valence-corrected chi connectivity index (χ0v) is 29.4. The molecule has 0 amide bonds. The van der Waals surface area contributed by atoms with E-state index in [0.29, 0.717) is 11.5 Å². The fourth-order valence-corrected chi connectivity index (χ4v) is 7.93. The Labute approximate surface area is 302 Å². The second kappa shape index (κ2) is 17.1. The molecule has 0 unspecified atom stereocenters. The van der Waals surface area contributed by atoms with Gasteiger partial charge in [-0.1, -0.05) is 84.9 Å². The fraction of sp³-hybridized carbons (Fsp3) is 0.158. The number of hydrogen-bond acceptors (Lipinski definition) is 8. The van der Waals surface area contributed by atoms with Crippen molar-refractivity contribution in [1.82, 2.24) is 8.61 Å². The van der Waals surface area contributed by atoms with Crippen molar-refractivity contribution in [2.45, 2.75) is 36.1 Å². The second-order valence-electron chi connectivity index (χ2n) is 11.6. The quantitative estimate of drug-likeness (QED) is 0.119.